The first kappa shape index (κ1) is 11.8. The number of rotatable bonds is 3. The first-order chi connectivity index (χ1) is 9.19. The third kappa shape index (κ3) is 1.97. The van der Waals surface area contributed by atoms with Crippen LogP contribution in [0, 0.1) is 13.8 Å². The summed E-state index contributed by atoms with van der Waals surface area (Å²) in [5, 5.41) is 2.20. The minimum atomic E-state index is 0.493. The van der Waals surface area contributed by atoms with Crippen molar-refractivity contribution in [3.05, 3.63) is 48.2 Å². The largest absolute Gasteiger partial charge is 0.489 e. The highest BCUT2D eigenvalue weighted by Gasteiger charge is 2.10. The van der Waals surface area contributed by atoms with Crippen LogP contribution in [0.1, 0.15) is 11.3 Å². The third-order valence-electron chi connectivity index (χ3n) is 3.20. The van der Waals surface area contributed by atoms with Gasteiger partial charge in [-0.25, -0.2) is 4.98 Å². The zero-order valence-electron chi connectivity index (χ0n) is 11.1. The number of hydrogen-bond donors (Lipinski definition) is 0. The fourth-order valence-corrected chi connectivity index (χ4v) is 2.27. The molecule has 2 aromatic heterocycles. The Balaban J connectivity index is 2.22. The lowest BCUT2D eigenvalue weighted by molar-refractivity contribution is 0.363. The SMILES string of the molecule is C=CCOc1ccc2c(C)c3cc(C)oc3nc2c1. The van der Waals surface area contributed by atoms with Crippen molar-refractivity contribution < 1.29 is 9.15 Å². The Morgan fingerprint density at radius 1 is 1.26 bits per heavy atom. The van der Waals surface area contributed by atoms with Crippen LogP contribution < -0.4 is 4.74 Å². The van der Waals surface area contributed by atoms with Crippen molar-refractivity contribution in [2.24, 2.45) is 0 Å². The van der Waals surface area contributed by atoms with Crippen LogP contribution in [0.2, 0.25) is 0 Å². The van der Waals surface area contributed by atoms with Gasteiger partial charge in [0, 0.05) is 16.8 Å². The first-order valence-electron chi connectivity index (χ1n) is 6.23. The van der Waals surface area contributed by atoms with Crippen molar-refractivity contribution in [2.75, 3.05) is 6.61 Å². The van der Waals surface area contributed by atoms with Crippen LogP contribution >= 0.6 is 0 Å². The van der Waals surface area contributed by atoms with Gasteiger partial charge < -0.3 is 9.15 Å². The molecule has 0 bridgehead atoms. The Morgan fingerprint density at radius 3 is 2.89 bits per heavy atom. The van der Waals surface area contributed by atoms with Gasteiger partial charge in [0.2, 0.25) is 5.71 Å². The third-order valence-corrected chi connectivity index (χ3v) is 3.20. The van der Waals surface area contributed by atoms with Gasteiger partial charge in [0.1, 0.15) is 18.1 Å². The zero-order valence-corrected chi connectivity index (χ0v) is 11.1. The van der Waals surface area contributed by atoms with Gasteiger partial charge in [-0.3, -0.25) is 0 Å². The summed E-state index contributed by atoms with van der Waals surface area (Å²) in [5.74, 6) is 1.67. The number of aromatic nitrogens is 1. The minimum absolute atomic E-state index is 0.493. The zero-order chi connectivity index (χ0) is 13.4. The van der Waals surface area contributed by atoms with Crippen molar-refractivity contribution in [1.29, 1.82) is 0 Å². The summed E-state index contributed by atoms with van der Waals surface area (Å²) in [7, 11) is 0. The Hall–Kier alpha value is -2.29. The van der Waals surface area contributed by atoms with Crippen LogP contribution in [0.5, 0.6) is 5.75 Å². The topological polar surface area (TPSA) is 35.3 Å². The van der Waals surface area contributed by atoms with E-state index in [0.29, 0.717) is 12.3 Å². The molecule has 3 heteroatoms. The van der Waals surface area contributed by atoms with Crippen LogP contribution in [0.3, 0.4) is 0 Å². The number of hydrogen-bond acceptors (Lipinski definition) is 3. The summed E-state index contributed by atoms with van der Waals surface area (Å²) in [6.45, 7) is 8.16. The van der Waals surface area contributed by atoms with Crippen molar-refractivity contribution in [2.45, 2.75) is 13.8 Å². The summed E-state index contributed by atoms with van der Waals surface area (Å²) < 4.78 is 11.1. The van der Waals surface area contributed by atoms with E-state index >= 15 is 0 Å². The molecule has 0 N–H and O–H groups in total. The van der Waals surface area contributed by atoms with Gasteiger partial charge in [-0.2, -0.15) is 0 Å². The number of aryl methyl sites for hydroxylation is 2. The second kappa shape index (κ2) is 4.43. The summed E-state index contributed by atoms with van der Waals surface area (Å²) in [6.07, 6.45) is 1.72. The highest BCUT2D eigenvalue weighted by atomic mass is 16.5. The highest BCUT2D eigenvalue weighted by molar-refractivity contribution is 5.95. The number of pyridine rings is 1. The van der Waals surface area contributed by atoms with E-state index in [1.54, 1.807) is 6.08 Å². The molecule has 96 valence electrons. The van der Waals surface area contributed by atoms with Crippen LogP contribution in [0.25, 0.3) is 22.0 Å². The van der Waals surface area contributed by atoms with Gasteiger partial charge in [-0.05, 0) is 37.6 Å². The Kier molecular flexibility index (Phi) is 2.75. The normalized spacial score (nSPS) is 11.1. The second-order valence-corrected chi connectivity index (χ2v) is 4.59. The maximum Gasteiger partial charge on any atom is 0.227 e. The van der Waals surface area contributed by atoms with Gasteiger partial charge in [-0.15, -0.1) is 0 Å². The molecule has 0 atom stereocenters. The number of nitrogens with zero attached hydrogens (tertiary/aromatic N) is 1. The van der Waals surface area contributed by atoms with Gasteiger partial charge in [-0.1, -0.05) is 12.7 Å². The molecule has 1 aromatic carbocycles. The van der Waals surface area contributed by atoms with Gasteiger partial charge in [0.15, 0.2) is 0 Å². The fourth-order valence-electron chi connectivity index (χ4n) is 2.27. The van der Waals surface area contributed by atoms with E-state index in [1.165, 1.54) is 5.56 Å². The Morgan fingerprint density at radius 2 is 2.11 bits per heavy atom. The second-order valence-electron chi connectivity index (χ2n) is 4.59. The Labute approximate surface area is 111 Å². The maximum absolute atomic E-state index is 5.61. The van der Waals surface area contributed by atoms with Crippen LogP contribution in [-0.2, 0) is 0 Å². The summed E-state index contributed by atoms with van der Waals surface area (Å²) in [5.41, 5.74) is 2.76. The molecule has 0 fully saturated rings. The van der Waals surface area contributed by atoms with E-state index in [2.05, 4.69) is 18.5 Å². The van der Waals surface area contributed by atoms with Crippen molar-refractivity contribution in [3.63, 3.8) is 0 Å². The van der Waals surface area contributed by atoms with Gasteiger partial charge >= 0.3 is 0 Å². The average molecular weight is 253 g/mol. The molecule has 0 unspecified atom stereocenters. The molecule has 0 saturated carbocycles. The van der Waals surface area contributed by atoms with Crippen LogP contribution in [0.4, 0.5) is 0 Å². The lowest BCUT2D eigenvalue weighted by Crippen LogP contribution is -1.93. The van der Waals surface area contributed by atoms with Crippen molar-refractivity contribution >= 4 is 22.0 Å². The first-order valence-corrected chi connectivity index (χ1v) is 6.23. The summed E-state index contributed by atoms with van der Waals surface area (Å²) in [4.78, 5) is 4.56. The molecule has 3 nitrogen and oxygen atoms in total. The minimum Gasteiger partial charge on any atom is -0.489 e. The quantitative estimate of drug-likeness (QED) is 0.657. The monoisotopic (exact) mass is 253 g/mol. The smallest absolute Gasteiger partial charge is 0.227 e. The summed E-state index contributed by atoms with van der Waals surface area (Å²) >= 11 is 0. The molecule has 0 saturated heterocycles. The fraction of sp³-hybridized carbons (Fsp3) is 0.188. The van der Waals surface area contributed by atoms with Gasteiger partial charge in [0.25, 0.3) is 0 Å². The molecular weight excluding hydrogens is 238 g/mol. The number of benzene rings is 1. The van der Waals surface area contributed by atoms with E-state index < -0.39 is 0 Å². The van der Waals surface area contributed by atoms with Crippen molar-refractivity contribution in [3.8, 4) is 5.75 Å². The molecule has 19 heavy (non-hydrogen) atoms. The molecule has 0 aliphatic rings. The molecule has 0 aliphatic carbocycles. The molecule has 3 aromatic rings. The molecule has 2 heterocycles. The molecular formula is C16H15NO2. The van der Waals surface area contributed by atoms with E-state index in [1.807, 2.05) is 31.2 Å². The summed E-state index contributed by atoms with van der Waals surface area (Å²) in [6, 6.07) is 7.96. The van der Waals surface area contributed by atoms with Gasteiger partial charge in [0.05, 0.1) is 5.52 Å². The number of ether oxygens (including phenoxy) is 1. The molecule has 0 aliphatic heterocycles. The predicted molar refractivity (Wildman–Crippen MR) is 76.7 cm³/mol. The molecule has 0 amide bonds. The highest BCUT2D eigenvalue weighted by Crippen LogP contribution is 2.29. The number of furan rings is 1. The standard InChI is InChI=1S/C16H15NO2/c1-4-7-18-12-5-6-13-11(3)14-8-10(2)19-16(14)17-15(13)9-12/h4-6,8-9H,1,7H2,2-3H3. The van der Waals surface area contributed by atoms with E-state index in [0.717, 1.165) is 27.8 Å². The lowest BCUT2D eigenvalue weighted by atomic mass is 10.1. The average Bonchev–Trinajstić information content (AvgIpc) is 2.77. The van der Waals surface area contributed by atoms with Crippen LogP contribution in [0.15, 0.2) is 41.3 Å². The van der Waals surface area contributed by atoms with E-state index in [9.17, 15) is 0 Å². The molecule has 0 spiro atoms. The van der Waals surface area contributed by atoms with E-state index in [-0.39, 0.29) is 0 Å². The van der Waals surface area contributed by atoms with E-state index in [4.69, 9.17) is 9.15 Å². The predicted octanol–water partition coefficient (Wildman–Crippen LogP) is 4.16. The van der Waals surface area contributed by atoms with Crippen LogP contribution in [-0.4, -0.2) is 11.6 Å². The van der Waals surface area contributed by atoms with Crippen molar-refractivity contribution in [1.82, 2.24) is 4.98 Å². The molecule has 0 radical (unpaired) electrons. The maximum atomic E-state index is 5.61. The lowest BCUT2D eigenvalue weighted by Gasteiger charge is -2.06. The number of fused-ring (bicyclic) bond motifs is 2. The molecule has 3 rings (SSSR count). The Bertz CT molecular complexity index is 771.